The first-order chi connectivity index (χ1) is 10.7. The zero-order valence-electron chi connectivity index (χ0n) is 11.7. The second-order valence-electron chi connectivity index (χ2n) is 5.22. The third-order valence-corrected chi connectivity index (χ3v) is 3.86. The third-order valence-electron chi connectivity index (χ3n) is 3.86. The molecule has 0 amide bonds. The second kappa shape index (κ2) is 4.74. The van der Waals surface area contributed by atoms with Gasteiger partial charge in [-0.15, -0.1) is 0 Å². The van der Waals surface area contributed by atoms with Crippen LogP contribution in [0.2, 0.25) is 0 Å². The molecule has 0 spiro atoms. The summed E-state index contributed by atoms with van der Waals surface area (Å²) in [5.74, 6) is 0.416. The van der Waals surface area contributed by atoms with Gasteiger partial charge in [0.15, 0.2) is 0 Å². The monoisotopic (exact) mass is 289 g/mol. The Morgan fingerprint density at radius 1 is 0.864 bits per heavy atom. The first-order valence-electron chi connectivity index (χ1n) is 6.99. The van der Waals surface area contributed by atoms with Crippen molar-refractivity contribution in [3.63, 3.8) is 0 Å². The quantitative estimate of drug-likeness (QED) is 0.392. The van der Waals surface area contributed by atoms with Gasteiger partial charge >= 0.3 is 0 Å². The molecule has 0 radical (unpaired) electrons. The van der Waals surface area contributed by atoms with Gasteiger partial charge in [-0.2, -0.15) is 0 Å². The van der Waals surface area contributed by atoms with Gasteiger partial charge in [-0.25, -0.2) is 0 Å². The van der Waals surface area contributed by atoms with Crippen molar-refractivity contribution >= 4 is 21.7 Å². The Hall–Kier alpha value is -3.07. The number of fused-ring (bicyclic) bond motifs is 3. The Bertz CT molecular complexity index is 1040. The van der Waals surface area contributed by atoms with Crippen LogP contribution < -0.4 is 5.43 Å². The third kappa shape index (κ3) is 1.87. The van der Waals surface area contributed by atoms with E-state index >= 15 is 0 Å². The van der Waals surface area contributed by atoms with E-state index in [1.165, 1.54) is 6.26 Å². The van der Waals surface area contributed by atoms with Crippen LogP contribution in [0, 0.1) is 0 Å². The predicted molar refractivity (Wildman–Crippen MR) is 88.5 cm³/mol. The molecule has 0 aliphatic carbocycles. The fraction of sp³-hybridized carbons (Fsp3) is 0. The van der Waals surface area contributed by atoms with Crippen molar-refractivity contribution < 1.29 is 9.52 Å². The van der Waals surface area contributed by atoms with Gasteiger partial charge in [0, 0.05) is 12.1 Å². The molecule has 0 saturated heterocycles. The smallest absolute Gasteiger partial charge is 0.253 e. The molecule has 4 aromatic rings. The molecule has 4 rings (SSSR count). The minimum Gasteiger partial charge on any atom is -0.593 e. The summed E-state index contributed by atoms with van der Waals surface area (Å²) in [4.78, 5) is 12.9. The summed E-state index contributed by atoms with van der Waals surface area (Å²) in [6.07, 6.45) is 1.50. The topological polar surface area (TPSA) is 53.1 Å². The summed E-state index contributed by atoms with van der Waals surface area (Å²) in [6.45, 7) is 0. The molecule has 0 unspecified atom stereocenters. The number of benzene rings is 3. The molecule has 0 saturated carbocycles. The molecule has 106 valence electrons. The van der Waals surface area contributed by atoms with E-state index in [0.717, 1.165) is 16.3 Å². The first kappa shape index (κ1) is 12.7. The number of rotatable bonds is 1. The summed E-state index contributed by atoms with van der Waals surface area (Å²) >= 11 is 0. The Kier molecular flexibility index (Phi) is 2.73. The molecule has 22 heavy (non-hydrogen) atoms. The van der Waals surface area contributed by atoms with Crippen molar-refractivity contribution in [2.24, 2.45) is 0 Å². The summed E-state index contributed by atoms with van der Waals surface area (Å²) in [7, 11) is 0. The normalized spacial score (nSPS) is 11.1. The molecule has 0 fully saturated rings. The molecule has 3 heteroatoms. The summed E-state index contributed by atoms with van der Waals surface area (Å²) in [5.41, 5.74) is 1.82. The Morgan fingerprint density at radius 2 is 1.64 bits per heavy atom. The van der Waals surface area contributed by atoms with Crippen LogP contribution in [0.1, 0.15) is 0 Å². The Morgan fingerprint density at radius 3 is 2.45 bits per heavy atom. The van der Waals surface area contributed by atoms with E-state index in [-0.39, 0.29) is 5.43 Å². The zero-order chi connectivity index (χ0) is 15.1. The van der Waals surface area contributed by atoms with Crippen LogP contribution in [0.25, 0.3) is 32.9 Å². The minimum absolute atomic E-state index is 0.0456. The number of hydrogen-bond acceptors (Lipinski definition) is 2. The Balaban J connectivity index is 2.10. The lowest BCUT2D eigenvalue weighted by Crippen LogP contribution is -2.05. The average molecular weight is 289 g/mol. The summed E-state index contributed by atoms with van der Waals surface area (Å²) in [5, 5.41) is 10.1. The lowest BCUT2D eigenvalue weighted by molar-refractivity contribution is 0.475. The maximum Gasteiger partial charge on any atom is 0.253 e. The molecular formula is C19H13O3+. The van der Waals surface area contributed by atoms with Crippen LogP contribution in [0.4, 0.5) is 0 Å². The van der Waals surface area contributed by atoms with Gasteiger partial charge in [0.1, 0.15) is 11.8 Å². The van der Waals surface area contributed by atoms with Gasteiger partial charge in [0.05, 0.1) is 10.9 Å². The molecule has 0 bridgehead atoms. The maximum atomic E-state index is 12.9. The summed E-state index contributed by atoms with van der Waals surface area (Å²) < 4.78 is 5.67. The van der Waals surface area contributed by atoms with Crippen LogP contribution in [-0.2, 0) is 0 Å². The van der Waals surface area contributed by atoms with Gasteiger partial charge in [-0.1, -0.05) is 30.3 Å². The highest BCUT2D eigenvalue weighted by Crippen LogP contribution is 2.26. The van der Waals surface area contributed by atoms with Crippen LogP contribution in [-0.4, -0.2) is 5.11 Å². The standard InChI is InChI=1S/C19H12O3/c20-14-8-5-13(6-9-14)16-11-22-17-10-7-12-3-1-2-4-15(12)18(17)19(16)21/h1-11,20H/p+1. The molecule has 2 N–H and O–H groups in total. The maximum absolute atomic E-state index is 12.9. The fourth-order valence-electron chi connectivity index (χ4n) is 2.74. The first-order valence-corrected chi connectivity index (χ1v) is 6.99. The van der Waals surface area contributed by atoms with Crippen molar-refractivity contribution in [2.45, 2.75) is 0 Å². The molecule has 3 nitrogen and oxygen atoms in total. The van der Waals surface area contributed by atoms with Crippen LogP contribution in [0.5, 0.6) is 5.75 Å². The highest BCUT2D eigenvalue weighted by molar-refractivity contribution is 6.06. The SMILES string of the molecule is O=c1c(-c2ccc([OH2+])cc2)coc2ccc3ccccc3c12. The van der Waals surface area contributed by atoms with Gasteiger partial charge in [0.2, 0.25) is 5.43 Å². The van der Waals surface area contributed by atoms with E-state index in [1.807, 2.05) is 36.4 Å². The van der Waals surface area contributed by atoms with E-state index in [9.17, 15) is 4.79 Å². The van der Waals surface area contributed by atoms with Crippen molar-refractivity contribution in [2.75, 3.05) is 0 Å². The molecule has 1 heterocycles. The largest absolute Gasteiger partial charge is 0.593 e. The van der Waals surface area contributed by atoms with E-state index < -0.39 is 0 Å². The minimum atomic E-state index is -0.0456. The van der Waals surface area contributed by atoms with Crippen LogP contribution >= 0.6 is 0 Å². The van der Waals surface area contributed by atoms with E-state index in [0.29, 0.717) is 22.3 Å². The van der Waals surface area contributed by atoms with Crippen LogP contribution in [0.15, 0.2) is 76.1 Å². The zero-order valence-corrected chi connectivity index (χ0v) is 11.7. The van der Waals surface area contributed by atoms with Crippen molar-refractivity contribution in [3.05, 3.63) is 77.2 Å². The number of hydrogen-bond donors (Lipinski definition) is 0. The highest BCUT2D eigenvalue weighted by Gasteiger charge is 2.12. The highest BCUT2D eigenvalue weighted by atomic mass is 16.3. The van der Waals surface area contributed by atoms with E-state index in [4.69, 9.17) is 9.52 Å². The molecule has 0 aliphatic heterocycles. The summed E-state index contributed by atoms with van der Waals surface area (Å²) in [6, 6.07) is 18.4. The van der Waals surface area contributed by atoms with Gasteiger partial charge in [0.25, 0.3) is 5.75 Å². The molecule has 0 aliphatic rings. The molecule has 3 aromatic carbocycles. The molecule has 1 aromatic heterocycles. The van der Waals surface area contributed by atoms with Gasteiger partial charge in [-0.3, -0.25) is 4.79 Å². The van der Waals surface area contributed by atoms with Crippen molar-refractivity contribution in [3.8, 4) is 16.9 Å². The second-order valence-corrected chi connectivity index (χ2v) is 5.22. The van der Waals surface area contributed by atoms with Gasteiger partial charge in [-0.05, 0) is 34.5 Å². The molecular weight excluding hydrogens is 276 g/mol. The molecule has 0 atom stereocenters. The lowest BCUT2D eigenvalue weighted by Gasteiger charge is -2.05. The Labute approximate surface area is 126 Å². The lowest BCUT2D eigenvalue weighted by atomic mass is 10.0. The van der Waals surface area contributed by atoms with Crippen molar-refractivity contribution in [1.29, 1.82) is 0 Å². The van der Waals surface area contributed by atoms with E-state index in [2.05, 4.69) is 0 Å². The van der Waals surface area contributed by atoms with E-state index in [1.54, 1.807) is 24.3 Å². The van der Waals surface area contributed by atoms with Gasteiger partial charge < -0.3 is 9.52 Å². The van der Waals surface area contributed by atoms with Crippen molar-refractivity contribution in [1.82, 2.24) is 0 Å². The van der Waals surface area contributed by atoms with Crippen LogP contribution in [0.3, 0.4) is 0 Å². The predicted octanol–water partition coefficient (Wildman–Crippen LogP) is 4.05. The average Bonchev–Trinajstić information content (AvgIpc) is 2.56. The fourth-order valence-corrected chi connectivity index (χ4v) is 2.74.